The molecular weight excluding hydrogens is 228 g/mol. The SMILES string of the molecule is CN(C)CCn1nc(-c2cccnc2)ccc1=O. The fraction of sp³-hybridized carbons (Fsp3) is 0.308. The molecule has 0 atom stereocenters. The predicted octanol–water partition coefficient (Wildman–Crippen LogP) is 0.867. The van der Waals surface area contributed by atoms with E-state index in [4.69, 9.17) is 0 Å². The highest BCUT2D eigenvalue weighted by molar-refractivity contribution is 5.56. The highest BCUT2D eigenvalue weighted by Gasteiger charge is 2.03. The van der Waals surface area contributed by atoms with Crippen LogP contribution in [0.4, 0.5) is 0 Å². The van der Waals surface area contributed by atoms with Crippen LogP contribution in [0.5, 0.6) is 0 Å². The van der Waals surface area contributed by atoms with Crippen LogP contribution in [0.2, 0.25) is 0 Å². The molecule has 0 aromatic carbocycles. The van der Waals surface area contributed by atoms with E-state index in [1.807, 2.05) is 31.1 Å². The molecule has 0 aliphatic rings. The zero-order chi connectivity index (χ0) is 13.0. The summed E-state index contributed by atoms with van der Waals surface area (Å²) in [5, 5.41) is 4.35. The van der Waals surface area contributed by atoms with Gasteiger partial charge in [0.05, 0.1) is 12.2 Å². The average Bonchev–Trinajstić information content (AvgIpc) is 2.38. The third kappa shape index (κ3) is 3.01. The lowest BCUT2D eigenvalue weighted by Gasteiger charge is -2.11. The van der Waals surface area contributed by atoms with Crippen LogP contribution in [0.3, 0.4) is 0 Å². The van der Waals surface area contributed by atoms with Crippen LogP contribution in [0.25, 0.3) is 11.3 Å². The molecule has 0 fully saturated rings. The summed E-state index contributed by atoms with van der Waals surface area (Å²) in [5.74, 6) is 0. The second-order valence-electron chi connectivity index (χ2n) is 4.32. The van der Waals surface area contributed by atoms with Crippen molar-refractivity contribution in [2.45, 2.75) is 6.54 Å². The van der Waals surface area contributed by atoms with E-state index in [2.05, 4.69) is 10.1 Å². The van der Waals surface area contributed by atoms with E-state index in [1.54, 1.807) is 24.5 Å². The Hall–Kier alpha value is -2.01. The molecule has 94 valence electrons. The van der Waals surface area contributed by atoms with Crippen molar-refractivity contribution in [3.8, 4) is 11.3 Å². The lowest BCUT2D eigenvalue weighted by Crippen LogP contribution is -2.28. The Labute approximate surface area is 106 Å². The van der Waals surface area contributed by atoms with Gasteiger partial charge in [-0.1, -0.05) is 0 Å². The standard InChI is InChI=1S/C13H16N4O/c1-16(2)8-9-17-13(18)6-5-12(15-17)11-4-3-7-14-10-11/h3-7,10H,8-9H2,1-2H3. The largest absolute Gasteiger partial charge is 0.308 e. The van der Waals surface area contributed by atoms with Crippen LogP contribution < -0.4 is 5.56 Å². The minimum atomic E-state index is -0.0792. The molecule has 2 heterocycles. The molecule has 5 nitrogen and oxygen atoms in total. The fourth-order valence-corrected chi connectivity index (χ4v) is 1.57. The second kappa shape index (κ2) is 5.55. The Balaban J connectivity index is 2.29. The normalized spacial score (nSPS) is 10.8. The van der Waals surface area contributed by atoms with E-state index < -0.39 is 0 Å². The first-order valence-electron chi connectivity index (χ1n) is 5.80. The summed E-state index contributed by atoms with van der Waals surface area (Å²) >= 11 is 0. The predicted molar refractivity (Wildman–Crippen MR) is 70.3 cm³/mol. The Morgan fingerprint density at radius 3 is 2.78 bits per heavy atom. The van der Waals surface area contributed by atoms with Crippen LogP contribution >= 0.6 is 0 Å². The lowest BCUT2D eigenvalue weighted by atomic mass is 10.2. The molecule has 0 radical (unpaired) electrons. The molecule has 0 bridgehead atoms. The van der Waals surface area contributed by atoms with Crippen LogP contribution in [0.15, 0.2) is 41.5 Å². The summed E-state index contributed by atoms with van der Waals surface area (Å²) in [7, 11) is 3.94. The number of hydrogen-bond acceptors (Lipinski definition) is 4. The van der Waals surface area contributed by atoms with E-state index in [0.717, 1.165) is 17.8 Å². The Kier molecular flexibility index (Phi) is 3.84. The van der Waals surface area contributed by atoms with Crippen LogP contribution in [0, 0.1) is 0 Å². The van der Waals surface area contributed by atoms with Crippen LogP contribution in [-0.4, -0.2) is 40.3 Å². The minimum Gasteiger partial charge on any atom is -0.308 e. The minimum absolute atomic E-state index is 0.0792. The topological polar surface area (TPSA) is 51.0 Å². The first kappa shape index (κ1) is 12.4. The maximum atomic E-state index is 11.7. The number of pyridine rings is 1. The molecule has 0 spiro atoms. The quantitative estimate of drug-likeness (QED) is 0.800. The van der Waals surface area contributed by atoms with Crippen LogP contribution in [-0.2, 0) is 6.54 Å². The van der Waals surface area contributed by atoms with Crippen molar-refractivity contribution < 1.29 is 0 Å². The summed E-state index contributed by atoms with van der Waals surface area (Å²) in [6, 6.07) is 7.05. The van der Waals surface area contributed by atoms with Crippen molar-refractivity contribution >= 4 is 0 Å². The van der Waals surface area contributed by atoms with Gasteiger partial charge in [-0.3, -0.25) is 9.78 Å². The maximum Gasteiger partial charge on any atom is 0.266 e. The summed E-state index contributed by atoms with van der Waals surface area (Å²) in [6.45, 7) is 1.36. The third-order valence-electron chi connectivity index (χ3n) is 2.58. The summed E-state index contributed by atoms with van der Waals surface area (Å²) in [4.78, 5) is 17.8. The van der Waals surface area contributed by atoms with Gasteiger partial charge in [-0.15, -0.1) is 0 Å². The first-order valence-corrected chi connectivity index (χ1v) is 5.80. The second-order valence-corrected chi connectivity index (χ2v) is 4.32. The summed E-state index contributed by atoms with van der Waals surface area (Å²) in [6.07, 6.45) is 3.45. The van der Waals surface area contributed by atoms with Gasteiger partial charge in [0.25, 0.3) is 5.56 Å². The highest BCUT2D eigenvalue weighted by atomic mass is 16.1. The van der Waals surface area contributed by atoms with E-state index in [0.29, 0.717) is 6.54 Å². The first-order chi connectivity index (χ1) is 8.66. The van der Waals surface area contributed by atoms with Crippen molar-refractivity contribution in [2.24, 2.45) is 0 Å². The van der Waals surface area contributed by atoms with Gasteiger partial charge >= 0.3 is 0 Å². The van der Waals surface area contributed by atoms with Crippen molar-refractivity contribution in [1.29, 1.82) is 0 Å². The zero-order valence-electron chi connectivity index (χ0n) is 10.6. The number of hydrogen-bond donors (Lipinski definition) is 0. The zero-order valence-corrected chi connectivity index (χ0v) is 10.6. The van der Waals surface area contributed by atoms with E-state index in [9.17, 15) is 4.79 Å². The molecule has 0 saturated heterocycles. The molecular formula is C13H16N4O. The molecule has 0 aliphatic heterocycles. The van der Waals surface area contributed by atoms with Gasteiger partial charge < -0.3 is 4.90 Å². The molecule has 2 aromatic heterocycles. The van der Waals surface area contributed by atoms with E-state index >= 15 is 0 Å². The molecule has 0 aliphatic carbocycles. The summed E-state index contributed by atoms with van der Waals surface area (Å²) < 4.78 is 1.49. The highest BCUT2D eigenvalue weighted by Crippen LogP contribution is 2.12. The van der Waals surface area contributed by atoms with Gasteiger partial charge in [-0.2, -0.15) is 5.10 Å². The molecule has 0 saturated carbocycles. The number of likely N-dealkylation sites (N-methyl/N-ethyl adjacent to an activating group) is 1. The molecule has 5 heteroatoms. The summed E-state index contributed by atoms with van der Waals surface area (Å²) in [5.41, 5.74) is 1.60. The fourth-order valence-electron chi connectivity index (χ4n) is 1.57. The molecule has 0 unspecified atom stereocenters. The van der Waals surface area contributed by atoms with Gasteiger partial charge in [0.1, 0.15) is 0 Å². The number of aromatic nitrogens is 3. The van der Waals surface area contributed by atoms with Crippen molar-refractivity contribution in [3.63, 3.8) is 0 Å². The number of nitrogens with zero attached hydrogens (tertiary/aromatic N) is 4. The average molecular weight is 244 g/mol. The smallest absolute Gasteiger partial charge is 0.266 e. The van der Waals surface area contributed by atoms with Gasteiger partial charge in [0, 0.05) is 30.6 Å². The molecule has 0 amide bonds. The van der Waals surface area contributed by atoms with Crippen molar-refractivity contribution in [1.82, 2.24) is 19.7 Å². The maximum absolute atomic E-state index is 11.7. The third-order valence-corrected chi connectivity index (χ3v) is 2.58. The number of rotatable bonds is 4. The Morgan fingerprint density at radius 2 is 2.11 bits per heavy atom. The Morgan fingerprint density at radius 1 is 1.28 bits per heavy atom. The molecule has 18 heavy (non-hydrogen) atoms. The lowest BCUT2D eigenvalue weighted by molar-refractivity contribution is 0.368. The van der Waals surface area contributed by atoms with E-state index in [-0.39, 0.29) is 5.56 Å². The van der Waals surface area contributed by atoms with Crippen LogP contribution in [0.1, 0.15) is 0 Å². The molecule has 2 aromatic rings. The monoisotopic (exact) mass is 244 g/mol. The van der Waals surface area contributed by atoms with Crippen molar-refractivity contribution in [3.05, 3.63) is 47.0 Å². The van der Waals surface area contributed by atoms with Gasteiger partial charge in [0.2, 0.25) is 0 Å². The van der Waals surface area contributed by atoms with Gasteiger partial charge in [-0.25, -0.2) is 4.68 Å². The molecule has 0 N–H and O–H groups in total. The van der Waals surface area contributed by atoms with Gasteiger partial charge in [-0.05, 0) is 32.3 Å². The van der Waals surface area contributed by atoms with Gasteiger partial charge in [0.15, 0.2) is 0 Å². The van der Waals surface area contributed by atoms with E-state index in [1.165, 1.54) is 4.68 Å². The van der Waals surface area contributed by atoms with Crippen molar-refractivity contribution in [2.75, 3.05) is 20.6 Å². The Bertz CT molecular complexity index is 563. The molecule has 2 rings (SSSR count).